The van der Waals surface area contributed by atoms with Gasteiger partial charge in [-0.15, -0.1) is 11.8 Å². The number of hydrogen-bond donors (Lipinski definition) is 1. The van der Waals surface area contributed by atoms with Gasteiger partial charge in [-0.25, -0.2) is 0 Å². The van der Waals surface area contributed by atoms with E-state index in [1.165, 1.54) is 37.0 Å². The number of methoxy groups -OCH3 is 1. The monoisotopic (exact) mass is 345 g/mol. The Labute approximate surface area is 148 Å². The maximum Gasteiger partial charge on any atom is 0.258 e. The number of thioether (sulfide) groups is 1. The molecule has 24 heavy (non-hydrogen) atoms. The molecule has 1 aromatic carbocycles. The van der Waals surface area contributed by atoms with E-state index in [0.29, 0.717) is 4.91 Å². The molecular formula is C18H24BNO3S. The molecule has 0 aliphatic carbocycles. The van der Waals surface area contributed by atoms with Crippen LogP contribution in [0.3, 0.4) is 0 Å². The Morgan fingerprint density at radius 3 is 2.62 bits per heavy atom. The summed E-state index contributed by atoms with van der Waals surface area (Å²) in [6.07, 6.45) is 6.43. The van der Waals surface area contributed by atoms with Gasteiger partial charge < -0.3 is 10.1 Å². The number of rotatable bonds is 8. The van der Waals surface area contributed by atoms with Crippen LogP contribution in [-0.4, -0.2) is 32.4 Å². The van der Waals surface area contributed by atoms with Gasteiger partial charge in [0.1, 0.15) is 13.6 Å². The normalized spacial score (nSPS) is 17.9. The summed E-state index contributed by atoms with van der Waals surface area (Å²) >= 11 is 1.48. The van der Waals surface area contributed by atoms with Gasteiger partial charge in [0.15, 0.2) is 5.78 Å². The lowest BCUT2D eigenvalue weighted by atomic mass is 10.00. The second-order valence-corrected chi connectivity index (χ2v) is 7.02. The third-order valence-electron chi connectivity index (χ3n) is 4.00. The molecule has 0 aromatic heterocycles. The third kappa shape index (κ3) is 5.44. The molecule has 6 heteroatoms. The van der Waals surface area contributed by atoms with Crippen LogP contribution in [0.15, 0.2) is 35.2 Å². The third-order valence-corrected chi connectivity index (χ3v) is 5.11. The fourth-order valence-electron chi connectivity index (χ4n) is 2.61. The molecule has 1 atom stereocenters. The molecule has 1 N–H and O–H groups in total. The highest BCUT2D eigenvalue weighted by Crippen LogP contribution is 2.27. The number of hydrogen-bond acceptors (Lipinski definition) is 4. The fraction of sp³-hybridized carbons (Fsp3) is 0.444. The highest BCUT2D eigenvalue weighted by Gasteiger charge is 2.24. The largest absolute Gasteiger partial charge is 0.497 e. The number of unbranched alkanes of at least 4 members (excludes halogenated alkanes) is 2. The van der Waals surface area contributed by atoms with Crippen molar-refractivity contribution in [2.24, 2.45) is 0 Å². The molecule has 1 aromatic rings. The van der Waals surface area contributed by atoms with Crippen LogP contribution in [0.25, 0.3) is 0 Å². The molecule has 0 saturated heterocycles. The minimum Gasteiger partial charge on any atom is -0.497 e. The van der Waals surface area contributed by atoms with Crippen LogP contribution in [-0.2, 0) is 9.59 Å². The van der Waals surface area contributed by atoms with Crippen molar-refractivity contribution in [3.63, 3.8) is 0 Å². The van der Waals surface area contributed by atoms with E-state index in [0.717, 1.165) is 23.5 Å². The van der Waals surface area contributed by atoms with Crippen LogP contribution < -0.4 is 10.1 Å². The van der Waals surface area contributed by atoms with Gasteiger partial charge in [-0.3, -0.25) is 9.59 Å². The summed E-state index contributed by atoms with van der Waals surface area (Å²) in [5, 5.41) is 2.98. The second kappa shape index (κ2) is 9.57. The SMILES string of the molecule is BCCCCCSC1=CC(=O)CC(c2ccc(OC)cc2)NC1=O. The average molecular weight is 345 g/mol. The van der Waals surface area contributed by atoms with E-state index in [9.17, 15) is 9.59 Å². The Bertz CT molecular complexity index is 601. The predicted molar refractivity (Wildman–Crippen MR) is 101 cm³/mol. The number of benzene rings is 1. The van der Waals surface area contributed by atoms with E-state index >= 15 is 0 Å². The summed E-state index contributed by atoms with van der Waals surface area (Å²) < 4.78 is 5.14. The van der Waals surface area contributed by atoms with E-state index in [4.69, 9.17) is 4.74 Å². The zero-order valence-electron chi connectivity index (χ0n) is 14.3. The highest BCUT2D eigenvalue weighted by molar-refractivity contribution is 8.04. The maximum absolute atomic E-state index is 12.4. The maximum atomic E-state index is 12.4. The Hall–Kier alpha value is -1.69. The number of ketones is 1. The number of ether oxygens (including phenoxy) is 1. The molecule has 0 saturated carbocycles. The first kappa shape index (κ1) is 18.7. The molecule has 1 unspecified atom stereocenters. The topological polar surface area (TPSA) is 55.4 Å². The number of nitrogens with one attached hydrogen (secondary N) is 1. The molecule has 0 fully saturated rings. The summed E-state index contributed by atoms with van der Waals surface area (Å²) in [4.78, 5) is 25.1. The minimum absolute atomic E-state index is 0.00905. The first-order valence-corrected chi connectivity index (χ1v) is 9.44. The number of amides is 1. The summed E-state index contributed by atoms with van der Waals surface area (Å²) in [7, 11) is 3.78. The molecule has 0 bridgehead atoms. The first-order valence-electron chi connectivity index (χ1n) is 8.46. The Morgan fingerprint density at radius 2 is 1.96 bits per heavy atom. The van der Waals surface area contributed by atoms with Gasteiger partial charge in [0.2, 0.25) is 0 Å². The van der Waals surface area contributed by atoms with Gasteiger partial charge in [-0.05, 0) is 29.9 Å². The van der Waals surface area contributed by atoms with Gasteiger partial charge in [0.25, 0.3) is 5.91 Å². The van der Waals surface area contributed by atoms with E-state index in [1.807, 2.05) is 24.3 Å². The van der Waals surface area contributed by atoms with E-state index in [2.05, 4.69) is 13.2 Å². The zero-order valence-corrected chi connectivity index (χ0v) is 15.2. The number of carbonyl (C=O) groups excluding carboxylic acids is 2. The molecular weight excluding hydrogens is 321 g/mol. The molecule has 2 rings (SSSR count). The molecule has 1 aliphatic heterocycles. The molecule has 0 spiro atoms. The van der Waals surface area contributed by atoms with Gasteiger partial charge in [0, 0.05) is 12.5 Å². The van der Waals surface area contributed by atoms with Gasteiger partial charge >= 0.3 is 0 Å². The molecule has 4 nitrogen and oxygen atoms in total. The van der Waals surface area contributed by atoms with Crippen LogP contribution in [0.1, 0.15) is 37.3 Å². The lowest BCUT2D eigenvalue weighted by Crippen LogP contribution is -2.28. The van der Waals surface area contributed by atoms with Crippen molar-refractivity contribution in [3.8, 4) is 5.75 Å². The van der Waals surface area contributed by atoms with Gasteiger partial charge in [0.05, 0.1) is 18.1 Å². The second-order valence-electron chi connectivity index (χ2n) is 5.89. The van der Waals surface area contributed by atoms with Crippen LogP contribution in [0.2, 0.25) is 6.32 Å². The van der Waals surface area contributed by atoms with Crippen molar-refractivity contribution in [3.05, 3.63) is 40.8 Å². The standard InChI is InChI=1S/C18H24BNO3S/c1-23-15-7-5-13(6-8-15)16-11-14(21)12-17(18(22)20-16)24-10-4-2-3-9-19/h5-8,12,16H,2-4,9-11,19H2,1H3,(H,20,22). The van der Waals surface area contributed by atoms with Gasteiger partial charge in [-0.2, -0.15) is 0 Å². The van der Waals surface area contributed by atoms with E-state index in [1.54, 1.807) is 7.11 Å². The summed E-state index contributed by atoms with van der Waals surface area (Å²) in [5.41, 5.74) is 0.917. The zero-order chi connectivity index (χ0) is 17.4. The van der Waals surface area contributed by atoms with Crippen molar-refractivity contribution in [1.82, 2.24) is 5.32 Å². The van der Waals surface area contributed by atoms with Crippen LogP contribution in [0.5, 0.6) is 5.75 Å². The predicted octanol–water partition coefficient (Wildman–Crippen LogP) is 2.66. The van der Waals surface area contributed by atoms with Crippen molar-refractivity contribution in [1.29, 1.82) is 0 Å². The average Bonchev–Trinajstić information content (AvgIpc) is 2.73. The fourth-order valence-corrected chi connectivity index (χ4v) is 3.58. The minimum atomic E-state index is -0.287. The van der Waals surface area contributed by atoms with Crippen LogP contribution in [0, 0.1) is 0 Å². The quantitative estimate of drug-likeness (QED) is 0.581. The number of allylic oxidation sites excluding steroid dienone is 1. The Morgan fingerprint density at radius 1 is 1.21 bits per heavy atom. The van der Waals surface area contributed by atoms with E-state index in [-0.39, 0.29) is 24.2 Å². The van der Waals surface area contributed by atoms with E-state index < -0.39 is 0 Å². The van der Waals surface area contributed by atoms with Crippen LogP contribution >= 0.6 is 11.8 Å². The first-order chi connectivity index (χ1) is 11.6. The molecule has 128 valence electrons. The Kier molecular flexibility index (Phi) is 7.44. The Balaban J connectivity index is 1.97. The van der Waals surface area contributed by atoms with Gasteiger partial charge in [-0.1, -0.05) is 31.3 Å². The van der Waals surface area contributed by atoms with Crippen molar-refractivity contribution < 1.29 is 14.3 Å². The lowest BCUT2D eigenvalue weighted by molar-refractivity contribution is -0.117. The smallest absolute Gasteiger partial charge is 0.258 e. The molecule has 1 amide bonds. The van der Waals surface area contributed by atoms with Crippen molar-refractivity contribution >= 4 is 31.3 Å². The summed E-state index contributed by atoms with van der Waals surface area (Å²) in [6, 6.07) is 7.17. The number of carbonyl (C=O) groups is 2. The molecule has 0 radical (unpaired) electrons. The summed E-state index contributed by atoms with van der Waals surface area (Å²) in [5.74, 6) is 1.47. The highest BCUT2D eigenvalue weighted by atomic mass is 32.2. The molecule has 1 aliphatic rings. The lowest BCUT2D eigenvalue weighted by Gasteiger charge is -2.16. The van der Waals surface area contributed by atoms with Crippen molar-refractivity contribution in [2.75, 3.05) is 12.9 Å². The summed E-state index contributed by atoms with van der Waals surface area (Å²) in [6.45, 7) is 0. The van der Waals surface area contributed by atoms with Crippen molar-refractivity contribution in [2.45, 2.75) is 38.0 Å². The van der Waals surface area contributed by atoms with Crippen LogP contribution in [0.4, 0.5) is 0 Å². The molecule has 1 heterocycles.